The Hall–Kier alpha value is -2.63. The zero-order valence-electron chi connectivity index (χ0n) is 14.4. The van der Waals surface area contributed by atoms with Gasteiger partial charge in [0.15, 0.2) is 17.3 Å². The molecule has 3 N–H and O–H groups in total. The highest BCUT2D eigenvalue weighted by molar-refractivity contribution is 6.31. The standard InChI is InChI=1S/C16H16ClF2N5O4/c17-10-6-9(3-4-11(10)18)21-14(22-26)13-15(24-28-23-13)27-5-1-2-12(25)16(19)7-20-8-16/h3-4,6,20,26H,1-2,5,7-8H2,(H,21,22). The van der Waals surface area contributed by atoms with Crippen LogP contribution in [0.25, 0.3) is 0 Å². The molecule has 0 saturated carbocycles. The first kappa shape index (κ1) is 20.1. The second-order valence-electron chi connectivity index (χ2n) is 6.03. The summed E-state index contributed by atoms with van der Waals surface area (Å²) in [7, 11) is 0. The number of nitrogens with zero attached hydrogens (tertiary/aromatic N) is 3. The number of ketones is 1. The molecule has 2 aromatic rings. The number of aromatic nitrogens is 2. The average Bonchev–Trinajstić information content (AvgIpc) is 3.12. The number of rotatable bonds is 8. The molecule has 28 heavy (non-hydrogen) atoms. The summed E-state index contributed by atoms with van der Waals surface area (Å²) in [5, 5.41) is 19.0. The minimum Gasteiger partial charge on any atom is -0.474 e. The van der Waals surface area contributed by atoms with Crippen molar-refractivity contribution in [1.29, 1.82) is 0 Å². The van der Waals surface area contributed by atoms with Crippen molar-refractivity contribution in [2.24, 2.45) is 4.99 Å². The van der Waals surface area contributed by atoms with Crippen LogP contribution in [-0.4, -0.2) is 52.5 Å². The number of ether oxygens (including phenoxy) is 1. The molecule has 1 aromatic heterocycles. The molecule has 12 heteroatoms. The minimum atomic E-state index is -1.79. The van der Waals surface area contributed by atoms with Gasteiger partial charge in [0.05, 0.1) is 17.3 Å². The van der Waals surface area contributed by atoms with Crippen LogP contribution in [0.2, 0.25) is 5.02 Å². The van der Waals surface area contributed by atoms with Crippen molar-refractivity contribution in [2.45, 2.75) is 18.5 Å². The fourth-order valence-corrected chi connectivity index (χ4v) is 2.58. The molecule has 1 fully saturated rings. The van der Waals surface area contributed by atoms with E-state index in [0.29, 0.717) is 0 Å². The van der Waals surface area contributed by atoms with Crippen LogP contribution in [0.15, 0.2) is 27.8 Å². The molecule has 0 spiro atoms. The number of amidine groups is 1. The van der Waals surface area contributed by atoms with Gasteiger partial charge in [-0.3, -0.25) is 15.5 Å². The highest BCUT2D eigenvalue weighted by Crippen LogP contribution is 2.24. The van der Waals surface area contributed by atoms with Crippen LogP contribution in [0.3, 0.4) is 0 Å². The minimum absolute atomic E-state index is 0.00602. The van der Waals surface area contributed by atoms with Crippen molar-refractivity contribution in [1.82, 2.24) is 21.1 Å². The van der Waals surface area contributed by atoms with E-state index < -0.39 is 17.3 Å². The van der Waals surface area contributed by atoms with Gasteiger partial charge in [-0.05, 0) is 34.9 Å². The fraction of sp³-hybridized carbons (Fsp3) is 0.375. The molecular formula is C16H16ClF2N5O4. The molecular weight excluding hydrogens is 400 g/mol. The number of alkyl halides is 1. The van der Waals surface area contributed by atoms with Gasteiger partial charge >= 0.3 is 0 Å². The summed E-state index contributed by atoms with van der Waals surface area (Å²) in [5.41, 5.74) is 0.208. The lowest BCUT2D eigenvalue weighted by Gasteiger charge is -2.33. The molecule has 1 aliphatic rings. The molecule has 0 radical (unpaired) electrons. The zero-order chi connectivity index (χ0) is 20.1. The lowest BCUT2D eigenvalue weighted by molar-refractivity contribution is -0.133. The first-order valence-electron chi connectivity index (χ1n) is 8.25. The Morgan fingerprint density at radius 3 is 2.89 bits per heavy atom. The first-order chi connectivity index (χ1) is 13.4. The lowest BCUT2D eigenvalue weighted by atomic mass is 9.91. The molecule has 0 bridgehead atoms. The van der Waals surface area contributed by atoms with E-state index in [1.165, 1.54) is 12.1 Å². The third kappa shape index (κ3) is 4.43. The molecule has 0 atom stereocenters. The predicted molar refractivity (Wildman–Crippen MR) is 93.3 cm³/mol. The Morgan fingerprint density at radius 1 is 1.46 bits per heavy atom. The molecule has 2 heterocycles. The van der Waals surface area contributed by atoms with Crippen LogP contribution in [0, 0.1) is 5.82 Å². The summed E-state index contributed by atoms with van der Waals surface area (Å²) in [6.45, 7) is 0.0937. The van der Waals surface area contributed by atoms with Gasteiger partial charge in [0.1, 0.15) is 5.82 Å². The van der Waals surface area contributed by atoms with Crippen LogP contribution < -0.4 is 15.5 Å². The third-order valence-corrected chi connectivity index (χ3v) is 4.32. The Bertz CT molecular complexity index is 888. The quantitative estimate of drug-likeness (QED) is 0.259. The number of hydrogen-bond donors (Lipinski definition) is 3. The second-order valence-corrected chi connectivity index (χ2v) is 6.44. The Kier molecular flexibility index (Phi) is 6.17. The van der Waals surface area contributed by atoms with E-state index in [2.05, 4.69) is 25.3 Å². The zero-order valence-corrected chi connectivity index (χ0v) is 15.2. The topological polar surface area (TPSA) is 122 Å². The average molecular weight is 416 g/mol. The number of carbonyl (C=O) groups excluding carboxylic acids is 1. The molecule has 1 aliphatic heterocycles. The number of hydrogen-bond acceptors (Lipinski definition) is 8. The molecule has 1 saturated heterocycles. The Balaban J connectivity index is 1.62. The largest absolute Gasteiger partial charge is 0.474 e. The van der Waals surface area contributed by atoms with E-state index in [1.807, 2.05) is 5.48 Å². The van der Waals surface area contributed by atoms with Crippen LogP contribution in [-0.2, 0) is 4.79 Å². The highest BCUT2D eigenvalue weighted by atomic mass is 35.5. The van der Waals surface area contributed by atoms with Crippen molar-refractivity contribution < 1.29 is 28.1 Å². The monoisotopic (exact) mass is 415 g/mol. The Morgan fingerprint density at radius 2 is 2.25 bits per heavy atom. The van der Waals surface area contributed by atoms with Gasteiger partial charge in [-0.15, -0.1) is 0 Å². The van der Waals surface area contributed by atoms with Gasteiger partial charge < -0.3 is 10.1 Å². The molecule has 9 nitrogen and oxygen atoms in total. The maximum absolute atomic E-state index is 13.9. The van der Waals surface area contributed by atoms with E-state index in [9.17, 15) is 18.8 Å². The third-order valence-electron chi connectivity index (χ3n) is 4.03. The van der Waals surface area contributed by atoms with Crippen LogP contribution in [0.5, 0.6) is 5.88 Å². The number of benzene rings is 1. The number of Topliss-reactive ketones (excluding diaryl/α,β-unsaturated/α-hetero) is 1. The maximum atomic E-state index is 13.9. The van der Waals surface area contributed by atoms with Crippen molar-refractivity contribution in [3.05, 3.63) is 34.7 Å². The van der Waals surface area contributed by atoms with Crippen molar-refractivity contribution >= 4 is 28.9 Å². The normalized spacial score (nSPS) is 15.8. The number of nitrogens with one attached hydrogen (secondary N) is 2. The summed E-state index contributed by atoms with van der Waals surface area (Å²) in [6, 6.07) is 3.69. The SMILES string of the molecule is O=C(CCCOc1nonc1C(=Nc1ccc(F)c(Cl)c1)NO)C1(F)CNC1. The van der Waals surface area contributed by atoms with E-state index in [1.54, 1.807) is 0 Å². The van der Waals surface area contributed by atoms with Gasteiger partial charge in [0.25, 0.3) is 5.88 Å². The molecule has 3 rings (SSSR count). The summed E-state index contributed by atoms with van der Waals surface area (Å²) in [6.07, 6.45) is 0.259. The molecule has 1 aromatic carbocycles. The smallest absolute Gasteiger partial charge is 0.287 e. The molecule has 150 valence electrons. The van der Waals surface area contributed by atoms with Gasteiger partial charge in [-0.2, -0.15) is 0 Å². The van der Waals surface area contributed by atoms with Gasteiger partial charge in [-0.25, -0.2) is 18.4 Å². The molecule has 0 aliphatic carbocycles. The highest BCUT2D eigenvalue weighted by Gasteiger charge is 2.43. The molecule has 0 amide bonds. The van der Waals surface area contributed by atoms with Crippen LogP contribution >= 0.6 is 11.6 Å². The summed E-state index contributed by atoms with van der Waals surface area (Å²) >= 11 is 5.70. The van der Waals surface area contributed by atoms with E-state index in [0.717, 1.165) is 6.07 Å². The number of carbonyl (C=O) groups is 1. The van der Waals surface area contributed by atoms with E-state index in [4.69, 9.17) is 16.3 Å². The van der Waals surface area contributed by atoms with E-state index >= 15 is 0 Å². The Labute approximate surface area is 162 Å². The summed E-state index contributed by atoms with van der Waals surface area (Å²) in [5.74, 6) is -1.38. The number of aliphatic imine (C=N–C) groups is 1. The summed E-state index contributed by atoms with van der Waals surface area (Å²) < 4.78 is 37.1. The summed E-state index contributed by atoms with van der Waals surface area (Å²) in [4.78, 5) is 15.8. The van der Waals surface area contributed by atoms with Crippen LogP contribution in [0.4, 0.5) is 14.5 Å². The lowest BCUT2D eigenvalue weighted by Crippen LogP contribution is -2.61. The molecule has 0 unspecified atom stereocenters. The van der Waals surface area contributed by atoms with Gasteiger partial charge in [0, 0.05) is 19.5 Å². The maximum Gasteiger partial charge on any atom is 0.287 e. The number of hydroxylamine groups is 1. The van der Waals surface area contributed by atoms with E-state index in [-0.39, 0.29) is 60.7 Å². The second kappa shape index (κ2) is 8.59. The number of halogens is 3. The first-order valence-corrected chi connectivity index (χ1v) is 8.63. The van der Waals surface area contributed by atoms with Crippen molar-refractivity contribution in [2.75, 3.05) is 19.7 Å². The van der Waals surface area contributed by atoms with Crippen molar-refractivity contribution in [3.8, 4) is 5.88 Å². The van der Waals surface area contributed by atoms with Crippen LogP contribution in [0.1, 0.15) is 18.5 Å². The predicted octanol–water partition coefficient (Wildman–Crippen LogP) is 1.96. The fourth-order valence-electron chi connectivity index (χ4n) is 2.40. The van der Waals surface area contributed by atoms with Gasteiger partial charge in [0.2, 0.25) is 5.69 Å². The van der Waals surface area contributed by atoms with Gasteiger partial charge in [-0.1, -0.05) is 11.6 Å². The van der Waals surface area contributed by atoms with Crippen molar-refractivity contribution in [3.63, 3.8) is 0 Å².